The van der Waals surface area contributed by atoms with Crippen molar-refractivity contribution < 1.29 is 14.2 Å². The smallest absolute Gasteiger partial charge is 0.115 e. The molecule has 82 valence electrons. The van der Waals surface area contributed by atoms with Gasteiger partial charge < -0.3 is 14.2 Å². The van der Waals surface area contributed by atoms with Crippen LogP contribution < -0.4 is 0 Å². The van der Waals surface area contributed by atoms with Crippen molar-refractivity contribution in [1.29, 1.82) is 0 Å². The number of fused-ring (bicyclic) bond motifs is 3. The molecule has 0 aromatic rings. The third kappa shape index (κ3) is 1.03. The van der Waals surface area contributed by atoms with Gasteiger partial charge >= 0.3 is 0 Å². The molecule has 0 unspecified atom stereocenters. The molecule has 5 atom stereocenters. The molecule has 2 saturated carbocycles. The molecule has 0 bridgehead atoms. The van der Waals surface area contributed by atoms with Gasteiger partial charge in [-0.1, -0.05) is 0 Å². The van der Waals surface area contributed by atoms with Crippen LogP contribution in [0.1, 0.15) is 25.7 Å². The second-order valence-electron chi connectivity index (χ2n) is 5.13. The summed E-state index contributed by atoms with van der Waals surface area (Å²) in [6.07, 6.45) is 4.18. The van der Waals surface area contributed by atoms with E-state index in [0.717, 1.165) is 19.3 Å². The van der Waals surface area contributed by atoms with Gasteiger partial charge in [-0.2, -0.15) is 0 Å². The van der Waals surface area contributed by atoms with Crippen molar-refractivity contribution in [3.8, 4) is 0 Å². The Balaban J connectivity index is 1.96. The molecule has 0 amide bonds. The topological polar surface area (TPSA) is 27.7 Å². The summed E-state index contributed by atoms with van der Waals surface area (Å²) in [7, 11) is 9.42. The van der Waals surface area contributed by atoms with Gasteiger partial charge in [0.2, 0.25) is 0 Å². The molecule has 0 aromatic heterocycles. The number of hydrogen-bond acceptors (Lipinski definition) is 3. The number of hydrogen-bond donors (Lipinski definition) is 0. The van der Waals surface area contributed by atoms with Gasteiger partial charge in [0.15, 0.2) is 0 Å². The summed E-state index contributed by atoms with van der Waals surface area (Å²) in [5, 5.41) is 0. The molecule has 2 aliphatic carbocycles. The summed E-state index contributed by atoms with van der Waals surface area (Å²) in [6, 6.07) is -0.191. The van der Waals surface area contributed by atoms with Crippen LogP contribution in [-0.4, -0.2) is 45.4 Å². The Morgan fingerprint density at radius 2 is 2.07 bits per heavy atom. The fourth-order valence-electron chi connectivity index (χ4n) is 3.86. The maximum Gasteiger partial charge on any atom is 0.115 e. The molecular formula is C11H17BO3. The van der Waals surface area contributed by atoms with E-state index in [1.807, 2.05) is 0 Å². The summed E-state index contributed by atoms with van der Waals surface area (Å²) in [5.41, 5.74) is -0.291. The fourth-order valence-corrected chi connectivity index (χ4v) is 3.86. The van der Waals surface area contributed by atoms with Crippen molar-refractivity contribution in [3.05, 3.63) is 0 Å². The standard InChI is InChI=1S/C11H17BO3/c1-13-10-5-7-3-4-11(7,14-2)9(10)15-8(12)6-10/h7-9H,3-6H2,1-2H3/t7-,8+,9-,10-,11+/m0/s1. The van der Waals surface area contributed by atoms with E-state index in [1.54, 1.807) is 14.2 Å². The van der Waals surface area contributed by atoms with Crippen LogP contribution in [0.4, 0.5) is 0 Å². The summed E-state index contributed by atoms with van der Waals surface area (Å²) in [5.74, 6) is 0.597. The molecule has 15 heavy (non-hydrogen) atoms. The predicted octanol–water partition coefficient (Wildman–Crippen LogP) is 0.854. The van der Waals surface area contributed by atoms with Crippen LogP contribution >= 0.6 is 0 Å². The zero-order valence-corrected chi connectivity index (χ0v) is 9.36. The van der Waals surface area contributed by atoms with Gasteiger partial charge in [-0.25, -0.2) is 0 Å². The van der Waals surface area contributed by atoms with Crippen LogP contribution in [0.3, 0.4) is 0 Å². The predicted molar refractivity (Wildman–Crippen MR) is 55.9 cm³/mol. The number of ether oxygens (including phenoxy) is 3. The SMILES string of the molecule is [B][C@H]1C[C@@]2(OC)C[C@@H]3CC[C@]3(OC)[C@H]2O1. The summed E-state index contributed by atoms with van der Waals surface area (Å²) in [4.78, 5) is 0. The first-order valence-electron chi connectivity index (χ1n) is 5.68. The van der Waals surface area contributed by atoms with Crippen LogP contribution in [0.15, 0.2) is 0 Å². The first-order chi connectivity index (χ1) is 7.17. The minimum absolute atomic E-state index is 0.0359. The maximum absolute atomic E-state index is 5.87. The van der Waals surface area contributed by atoms with E-state index in [0.29, 0.717) is 5.92 Å². The van der Waals surface area contributed by atoms with E-state index >= 15 is 0 Å². The largest absolute Gasteiger partial charge is 0.379 e. The number of methoxy groups -OCH3 is 2. The molecule has 2 radical (unpaired) electrons. The van der Waals surface area contributed by atoms with Crippen LogP contribution in [0, 0.1) is 5.92 Å². The second kappa shape index (κ2) is 2.99. The highest BCUT2D eigenvalue weighted by Gasteiger charge is 2.70. The van der Waals surface area contributed by atoms with Gasteiger partial charge in [-0.15, -0.1) is 0 Å². The zero-order chi connectivity index (χ0) is 10.7. The molecule has 1 saturated heterocycles. The van der Waals surface area contributed by atoms with Gasteiger partial charge in [0.05, 0.1) is 11.2 Å². The van der Waals surface area contributed by atoms with Crippen LogP contribution in [-0.2, 0) is 14.2 Å². The first-order valence-corrected chi connectivity index (χ1v) is 5.68. The molecule has 3 fully saturated rings. The van der Waals surface area contributed by atoms with Gasteiger partial charge in [-0.3, -0.25) is 0 Å². The van der Waals surface area contributed by atoms with Crippen molar-refractivity contribution >= 4 is 7.85 Å². The monoisotopic (exact) mass is 208 g/mol. The molecule has 3 aliphatic rings. The van der Waals surface area contributed by atoms with Crippen molar-refractivity contribution in [2.75, 3.05) is 14.2 Å². The lowest BCUT2D eigenvalue weighted by molar-refractivity contribution is -0.185. The Morgan fingerprint density at radius 1 is 1.27 bits per heavy atom. The molecule has 3 rings (SSSR count). The lowest BCUT2D eigenvalue weighted by Gasteiger charge is -2.46. The Hall–Kier alpha value is -0.0551. The second-order valence-corrected chi connectivity index (χ2v) is 5.13. The van der Waals surface area contributed by atoms with E-state index in [-0.39, 0.29) is 23.3 Å². The maximum atomic E-state index is 5.87. The average molecular weight is 208 g/mol. The van der Waals surface area contributed by atoms with Crippen LogP contribution in [0.25, 0.3) is 0 Å². The van der Waals surface area contributed by atoms with Gasteiger partial charge in [0.25, 0.3) is 0 Å². The van der Waals surface area contributed by atoms with Crippen molar-refractivity contribution in [3.63, 3.8) is 0 Å². The highest BCUT2D eigenvalue weighted by molar-refractivity contribution is 6.11. The third-order valence-corrected chi connectivity index (χ3v) is 4.73. The normalized spacial score (nSPS) is 57.3. The minimum atomic E-state index is -0.191. The van der Waals surface area contributed by atoms with Gasteiger partial charge in [0, 0.05) is 20.2 Å². The van der Waals surface area contributed by atoms with E-state index in [2.05, 4.69) is 0 Å². The molecule has 0 aromatic carbocycles. The highest BCUT2D eigenvalue weighted by atomic mass is 16.6. The summed E-state index contributed by atoms with van der Waals surface area (Å²) < 4.78 is 17.3. The van der Waals surface area contributed by atoms with E-state index in [9.17, 15) is 0 Å². The van der Waals surface area contributed by atoms with Crippen molar-refractivity contribution in [2.45, 2.75) is 49.0 Å². The zero-order valence-electron chi connectivity index (χ0n) is 9.36. The minimum Gasteiger partial charge on any atom is -0.379 e. The molecule has 4 heteroatoms. The Labute approximate surface area is 91.9 Å². The Kier molecular flexibility index (Phi) is 2.02. The molecule has 0 N–H and O–H groups in total. The fraction of sp³-hybridized carbons (Fsp3) is 1.00. The molecule has 1 heterocycles. The average Bonchev–Trinajstić information content (AvgIpc) is 2.60. The van der Waals surface area contributed by atoms with Crippen LogP contribution in [0.2, 0.25) is 0 Å². The Morgan fingerprint density at radius 3 is 2.60 bits per heavy atom. The van der Waals surface area contributed by atoms with Gasteiger partial charge in [-0.05, 0) is 31.6 Å². The number of rotatable bonds is 2. The lowest BCUT2D eigenvalue weighted by Crippen LogP contribution is -2.55. The van der Waals surface area contributed by atoms with E-state index in [4.69, 9.17) is 22.1 Å². The molecule has 1 aliphatic heterocycles. The summed E-state index contributed by atoms with van der Waals surface area (Å²) >= 11 is 0. The van der Waals surface area contributed by atoms with Gasteiger partial charge in [0.1, 0.15) is 14.0 Å². The molecule has 3 nitrogen and oxygen atoms in total. The Bertz CT molecular complexity index is 281. The van der Waals surface area contributed by atoms with E-state index < -0.39 is 0 Å². The van der Waals surface area contributed by atoms with Crippen molar-refractivity contribution in [2.24, 2.45) is 5.92 Å². The molecule has 0 spiro atoms. The first kappa shape index (κ1) is 10.1. The summed E-state index contributed by atoms with van der Waals surface area (Å²) in [6.45, 7) is 0. The van der Waals surface area contributed by atoms with E-state index in [1.165, 1.54) is 6.42 Å². The van der Waals surface area contributed by atoms with Crippen molar-refractivity contribution in [1.82, 2.24) is 0 Å². The molecular weight excluding hydrogens is 191 g/mol. The highest BCUT2D eigenvalue weighted by Crippen LogP contribution is 2.62. The lowest BCUT2D eigenvalue weighted by atomic mass is 9.70. The van der Waals surface area contributed by atoms with Crippen LogP contribution in [0.5, 0.6) is 0 Å². The quantitative estimate of drug-likeness (QED) is 0.629. The third-order valence-electron chi connectivity index (χ3n) is 4.73.